The summed E-state index contributed by atoms with van der Waals surface area (Å²) in [4.78, 5) is 12.8. The van der Waals surface area contributed by atoms with Crippen molar-refractivity contribution in [3.63, 3.8) is 0 Å². The first-order valence-electron chi connectivity index (χ1n) is 4.53. The minimum Gasteiger partial charge on any atom is -0.288 e. The van der Waals surface area contributed by atoms with Gasteiger partial charge in [0.05, 0.1) is 4.88 Å². The van der Waals surface area contributed by atoms with Crippen molar-refractivity contribution in [2.45, 2.75) is 6.92 Å². The van der Waals surface area contributed by atoms with Crippen molar-refractivity contribution < 1.29 is 4.79 Å². The molecule has 2 aromatic rings. The molecule has 1 aromatic carbocycles. The summed E-state index contributed by atoms with van der Waals surface area (Å²) >= 11 is 7.31. The minimum atomic E-state index is 0.0463. The number of ketones is 1. The first-order chi connectivity index (χ1) is 7.18. The second-order valence-corrected chi connectivity index (χ2v) is 4.62. The molecule has 0 saturated carbocycles. The summed E-state index contributed by atoms with van der Waals surface area (Å²) in [5.41, 5.74) is 1.66. The monoisotopic (exact) mass is 236 g/mol. The predicted octanol–water partition coefficient (Wildman–Crippen LogP) is 3.94. The van der Waals surface area contributed by atoms with E-state index in [4.69, 9.17) is 11.6 Å². The highest BCUT2D eigenvalue weighted by Crippen LogP contribution is 2.21. The lowest BCUT2D eigenvalue weighted by molar-refractivity contribution is 0.104. The molecule has 0 saturated heterocycles. The molecule has 76 valence electrons. The quantitative estimate of drug-likeness (QED) is 0.722. The lowest BCUT2D eigenvalue weighted by Gasteiger charge is -2.00. The third kappa shape index (κ3) is 2.11. The van der Waals surface area contributed by atoms with Gasteiger partial charge in [0.15, 0.2) is 0 Å². The fourth-order valence-corrected chi connectivity index (χ4v) is 2.44. The van der Waals surface area contributed by atoms with E-state index in [1.165, 1.54) is 11.3 Å². The average Bonchev–Trinajstić information content (AvgIpc) is 2.63. The van der Waals surface area contributed by atoms with Crippen molar-refractivity contribution >= 4 is 28.7 Å². The topological polar surface area (TPSA) is 17.1 Å². The molecule has 0 fully saturated rings. The fraction of sp³-hybridized carbons (Fsp3) is 0.0833. The Labute approximate surface area is 97.3 Å². The molecule has 2 rings (SSSR count). The average molecular weight is 237 g/mol. The molecule has 1 nitrogen and oxygen atoms in total. The number of thiophene rings is 1. The highest BCUT2D eigenvalue weighted by atomic mass is 35.5. The van der Waals surface area contributed by atoms with Gasteiger partial charge in [-0.05, 0) is 36.1 Å². The summed E-state index contributed by atoms with van der Waals surface area (Å²) in [5, 5.41) is 2.52. The molecule has 0 unspecified atom stereocenters. The first kappa shape index (κ1) is 10.4. The van der Waals surface area contributed by atoms with Gasteiger partial charge in [-0.15, -0.1) is 11.3 Å². The van der Waals surface area contributed by atoms with Crippen molar-refractivity contribution in [3.05, 3.63) is 56.7 Å². The number of halogens is 1. The van der Waals surface area contributed by atoms with Gasteiger partial charge in [-0.1, -0.05) is 23.7 Å². The Balaban J connectivity index is 2.41. The van der Waals surface area contributed by atoms with Crippen LogP contribution in [0.3, 0.4) is 0 Å². The number of hydrogen-bond donors (Lipinski definition) is 0. The Morgan fingerprint density at radius 1 is 1.33 bits per heavy atom. The molecule has 0 aliphatic rings. The third-order valence-corrected chi connectivity index (χ3v) is 3.41. The molecule has 1 aromatic heterocycles. The van der Waals surface area contributed by atoms with Gasteiger partial charge in [-0.25, -0.2) is 0 Å². The third-order valence-electron chi connectivity index (χ3n) is 2.16. The highest BCUT2D eigenvalue weighted by molar-refractivity contribution is 7.12. The number of hydrogen-bond acceptors (Lipinski definition) is 2. The molecule has 0 amide bonds. The van der Waals surface area contributed by atoms with E-state index in [9.17, 15) is 4.79 Å². The van der Waals surface area contributed by atoms with Gasteiger partial charge < -0.3 is 0 Å². The first-order valence-corrected chi connectivity index (χ1v) is 5.78. The molecule has 0 spiro atoms. The zero-order chi connectivity index (χ0) is 10.8. The zero-order valence-corrected chi connectivity index (χ0v) is 9.73. The highest BCUT2D eigenvalue weighted by Gasteiger charge is 2.12. The van der Waals surface area contributed by atoms with E-state index in [1.54, 1.807) is 24.3 Å². The van der Waals surface area contributed by atoms with Gasteiger partial charge in [0.2, 0.25) is 5.78 Å². The normalized spacial score (nSPS) is 10.3. The van der Waals surface area contributed by atoms with Crippen LogP contribution in [0.25, 0.3) is 0 Å². The van der Waals surface area contributed by atoms with Crippen LogP contribution in [0.2, 0.25) is 5.02 Å². The van der Waals surface area contributed by atoms with E-state index >= 15 is 0 Å². The van der Waals surface area contributed by atoms with Crippen LogP contribution >= 0.6 is 22.9 Å². The van der Waals surface area contributed by atoms with Crippen LogP contribution in [0.1, 0.15) is 20.8 Å². The van der Waals surface area contributed by atoms with Crippen LogP contribution in [0, 0.1) is 6.92 Å². The molecule has 0 aliphatic heterocycles. The van der Waals surface area contributed by atoms with E-state index in [-0.39, 0.29) is 5.78 Å². The van der Waals surface area contributed by atoms with Gasteiger partial charge >= 0.3 is 0 Å². The van der Waals surface area contributed by atoms with Crippen LogP contribution in [0.15, 0.2) is 35.7 Å². The Morgan fingerprint density at radius 3 is 2.73 bits per heavy atom. The summed E-state index contributed by atoms with van der Waals surface area (Å²) in [7, 11) is 0. The molecule has 0 atom stereocenters. The van der Waals surface area contributed by atoms with Crippen LogP contribution in [0.5, 0.6) is 0 Å². The maximum atomic E-state index is 12.0. The Morgan fingerprint density at radius 2 is 2.13 bits per heavy atom. The molecule has 0 N–H and O–H groups in total. The predicted molar refractivity (Wildman–Crippen MR) is 63.9 cm³/mol. The van der Waals surface area contributed by atoms with Crippen LogP contribution in [-0.4, -0.2) is 5.78 Å². The van der Waals surface area contributed by atoms with Crippen LogP contribution < -0.4 is 0 Å². The zero-order valence-electron chi connectivity index (χ0n) is 8.16. The molecule has 0 radical (unpaired) electrons. The van der Waals surface area contributed by atoms with Gasteiger partial charge in [0.25, 0.3) is 0 Å². The number of carbonyl (C=O) groups is 1. The molecular formula is C12H9ClOS. The second-order valence-electron chi connectivity index (χ2n) is 3.27. The molecule has 15 heavy (non-hydrogen) atoms. The number of carbonyl (C=O) groups excluding carboxylic acids is 1. The van der Waals surface area contributed by atoms with Crippen molar-refractivity contribution in [2.24, 2.45) is 0 Å². The molecule has 3 heteroatoms. The summed E-state index contributed by atoms with van der Waals surface area (Å²) in [6, 6.07) is 8.98. The maximum absolute atomic E-state index is 12.0. The fourth-order valence-electron chi connectivity index (χ4n) is 1.37. The number of rotatable bonds is 2. The van der Waals surface area contributed by atoms with E-state index in [1.807, 2.05) is 18.4 Å². The smallest absolute Gasteiger partial charge is 0.203 e. The maximum Gasteiger partial charge on any atom is 0.203 e. The van der Waals surface area contributed by atoms with Crippen molar-refractivity contribution in [1.82, 2.24) is 0 Å². The number of benzene rings is 1. The van der Waals surface area contributed by atoms with Crippen molar-refractivity contribution in [1.29, 1.82) is 0 Å². The van der Waals surface area contributed by atoms with Crippen LogP contribution in [-0.2, 0) is 0 Å². The molecular weight excluding hydrogens is 228 g/mol. The number of aryl methyl sites for hydroxylation is 1. The Kier molecular flexibility index (Phi) is 2.89. The molecule has 0 bridgehead atoms. The van der Waals surface area contributed by atoms with E-state index < -0.39 is 0 Å². The summed E-state index contributed by atoms with van der Waals surface area (Å²) in [6.45, 7) is 1.94. The van der Waals surface area contributed by atoms with Crippen molar-refractivity contribution in [2.75, 3.05) is 0 Å². The summed E-state index contributed by atoms with van der Waals surface area (Å²) in [5.74, 6) is 0.0463. The van der Waals surface area contributed by atoms with E-state index in [2.05, 4.69) is 0 Å². The standard InChI is InChI=1S/C12H9ClOS/c1-8-5-6-15-12(8)11(14)9-3-2-4-10(13)7-9/h2-7H,1H3. The van der Waals surface area contributed by atoms with E-state index in [0.717, 1.165) is 10.4 Å². The Bertz CT molecular complexity index is 502. The van der Waals surface area contributed by atoms with Crippen LogP contribution in [0.4, 0.5) is 0 Å². The summed E-state index contributed by atoms with van der Waals surface area (Å²) < 4.78 is 0. The van der Waals surface area contributed by atoms with Gasteiger partial charge in [0, 0.05) is 10.6 Å². The Hall–Kier alpha value is -1.12. The van der Waals surface area contributed by atoms with Gasteiger partial charge in [-0.2, -0.15) is 0 Å². The minimum absolute atomic E-state index is 0.0463. The lowest BCUT2D eigenvalue weighted by Crippen LogP contribution is -1.99. The van der Waals surface area contributed by atoms with Gasteiger partial charge in [-0.3, -0.25) is 4.79 Å². The van der Waals surface area contributed by atoms with Crippen molar-refractivity contribution in [3.8, 4) is 0 Å². The second kappa shape index (κ2) is 4.17. The van der Waals surface area contributed by atoms with E-state index in [0.29, 0.717) is 10.6 Å². The molecule has 1 heterocycles. The largest absolute Gasteiger partial charge is 0.288 e. The summed E-state index contributed by atoms with van der Waals surface area (Å²) in [6.07, 6.45) is 0. The molecule has 0 aliphatic carbocycles. The van der Waals surface area contributed by atoms with Gasteiger partial charge in [0.1, 0.15) is 0 Å². The lowest BCUT2D eigenvalue weighted by atomic mass is 10.1. The SMILES string of the molecule is Cc1ccsc1C(=O)c1cccc(Cl)c1.